The summed E-state index contributed by atoms with van der Waals surface area (Å²) in [5.74, 6) is -0.409. The van der Waals surface area contributed by atoms with Crippen LogP contribution in [-0.4, -0.2) is 37.5 Å². The zero-order chi connectivity index (χ0) is 14.7. The number of fused-ring (bicyclic) bond motifs is 1. The Balaban J connectivity index is 1.67. The smallest absolute Gasteiger partial charge is 0.189 e. The molecule has 0 saturated carbocycles. The van der Waals surface area contributed by atoms with E-state index in [1.165, 1.54) is 18.2 Å². The lowest BCUT2D eigenvalue weighted by molar-refractivity contribution is -0.0864. The molecular formula is C15H17FN2O3. The minimum Gasteiger partial charge on any atom is -0.376 e. The first-order chi connectivity index (χ1) is 10.2. The molecule has 0 bridgehead atoms. The third-order valence-electron chi connectivity index (χ3n) is 3.42. The van der Waals surface area contributed by atoms with Crippen LogP contribution >= 0.6 is 0 Å². The summed E-state index contributed by atoms with van der Waals surface area (Å²) >= 11 is 0. The molecule has 0 spiro atoms. The normalized spacial score (nSPS) is 19.0. The highest BCUT2D eigenvalue weighted by Gasteiger charge is 2.13. The van der Waals surface area contributed by atoms with Crippen LogP contribution in [0.5, 0.6) is 0 Å². The van der Waals surface area contributed by atoms with Crippen LogP contribution < -0.4 is 10.7 Å². The van der Waals surface area contributed by atoms with Crippen LogP contribution in [0.15, 0.2) is 29.1 Å². The number of aromatic amines is 1. The molecular weight excluding hydrogens is 275 g/mol. The molecule has 0 aliphatic carbocycles. The summed E-state index contributed by atoms with van der Waals surface area (Å²) in [4.78, 5) is 15.1. The Hall–Kier alpha value is -1.76. The summed E-state index contributed by atoms with van der Waals surface area (Å²) in [5.41, 5.74) is 1.21. The minimum absolute atomic E-state index is 0.0417. The van der Waals surface area contributed by atoms with E-state index < -0.39 is 5.82 Å². The predicted octanol–water partition coefficient (Wildman–Crippen LogP) is 1.17. The van der Waals surface area contributed by atoms with Crippen molar-refractivity contribution in [3.8, 4) is 0 Å². The first kappa shape index (κ1) is 14.2. The van der Waals surface area contributed by atoms with E-state index in [9.17, 15) is 9.18 Å². The van der Waals surface area contributed by atoms with Gasteiger partial charge in [-0.2, -0.15) is 0 Å². The van der Waals surface area contributed by atoms with E-state index in [0.717, 1.165) is 5.69 Å². The van der Waals surface area contributed by atoms with Crippen molar-refractivity contribution in [3.05, 3.63) is 46.0 Å². The van der Waals surface area contributed by atoms with Crippen LogP contribution in [0.3, 0.4) is 0 Å². The number of H-pyrrole nitrogens is 1. The standard InChI is InChI=1S/C15H17FN2O3/c16-10-1-2-14-13(5-10)15(19)6-11(18-14)7-17-8-12-9-20-3-4-21-12/h1-2,5-6,12,17H,3-4,7-9H2,(H,18,19)/t12-/m0/s1. The van der Waals surface area contributed by atoms with Gasteiger partial charge in [-0.1, -0.05) is 0 Å². The Labute approximate surface area is 121 Å². The molecule has 6 heteroatoms. The minimum atomic E-state index is -0.409. The first-order valence-electron chi connectivity index (χ1n) is 6.94. The molecule has 1 aliphatic heterocycles. The van der Waals surface area contributed by atoms with E-state index in [-0.39, 0.29) is 11.5 Å². The number of nitrogens with one attached hydrogen (secondary N) is 2. The van der Waals surface area contributed by atoms with E-state index in [4.69, 9.17) is 9.47 Å². The number of hydrogen-bond acceptors (Lipinski definition) is 4. The second-order valence-electron chi connectivity index (χ2n) is 5.05. The second-order valence-corrected chi connectivity index (χ2v) is 5.05. The lowest BCUT2D eigenvalue weighted by Crippen LogP contribution is -2.37. The average molecular weight is 292 g/mol. The van der Waals surface area contributed by atoms with Gasteiger partial charge in [-0.3, -0.25) is 4.79 Å². The average Bonchev–Trinajstić information content (AvgIpc) is 2.49. The quantitative estimate of drug-likeness (QED) is 0.888. The maximum absolute atomic E-state index is 13.1. The van der Waals surface area contributed by atoms with E-state index in [1.54, 1.807) is 6.07 Å². The van der Waals surface area contributed by atoms with Gasteiger partial charge in [0.25, 0.3) is 0 Å². The molecule has 0 radical (unpaired) electrons. The monoisotopic (exact) mass is 292 g/mol. The highest BCUT2D eigenvalue weighted by Crippen LogP contribution is 2.10. The van der Waals surface area contributed by atoms with E-state index >= 15 is 0 Å². The van der Waals surface area contributed by atoms with Gasteiger partial charge >= 0.3 is 0 Å². The van der Waals surface area contributed by atoms with Gasteiger partial charge in [0.1, 0.15) is 5.82 Å². The molecule has 5 nitrogen and oxygen atoms in total. The van der Waals surface area contributed by atoms with Crippen LogP contribution in [0.4, 0.5) is 4.39 Å². The van der Waals surface area contributed by atoms with Gasteiger partial charge in [0.05, 0.1) is 25.9 Å². The van der Waals surface area contributed by atoms with Crippen molar-refractivity contribution in [2.24, 2.45) is 0 Å². The largest absolute Gasteiger partial charge is 0.376 e. The molecule has 21 heavy (non-hydrogen) atoms. The van der Waals surface area contributed by atoms with Gasteiger partial charge in [0.15, 0.2) is 5.43 Å². The fourth-order valence-electron chi connectivity index (χ4n) is 2.39. The number of halogens is 1. The third-order valence-corrected chi connectivity index (χ3v) is 3.42. The number of aromatic nitrogens is 1. The Bertz CT molecular complexity index is 680. The van der Waals surface area contributed by atoms with Gasteiger partial charge in [0, 0.05) is 35.8 Å². The highest BCUT2D eigenvalue weighted by atomic mass is 19.1. The topological polar surface area (TPSA) is 63.4 Å². The Kier molecular flexibility index (Phi) is 4.28. The van der Waals surface area contributed by atoms with Gasteiger partial charge in [-0.05, 0) is 18.2 Å². The summed E-state index contributed by atoms with van der Waals surface area (Å²) < 4.78 is 24.0. The van der Waals surface area contributed by atoms with Crippen molar-refractivity contribution in [1.29, 1.82) is 0 Å². The lowest BCUT2D eigenvalue weighted by Gasteiger charge is -2.23. The first-order valence-corrected chi connectivity index (χ1v) is 6.94. The van der Waals surface area contributed by atoms with Crippen molar-refractivity contribution in [2.75, 3.05) is 26.4 Å². The number of benzene rings is 1. The molecule has 2 heterocycles. The van der Waals surface area contributed by atoms with Crippen molar-refractivity contribution in [1.82, 2.24) is 10.3 Å². The van der Waals surface area contributed by atoms with E-state index in [2.05, 4.69) is 10.3 Å². The number of hydrogen-bond donors (Lipinski definition) is 2. The summed E-state index contributed by atoms with van der Waals surface area (Å²) in [6, 6.07) is 5.65. The van der Waals surface area contributed by atoms with Crippen LogP contribution in [0, 0.1) is 5.82 Å². The maximum Gasteiger partial charge on any atom is 0.189 e. The van der Waals surface area contributed by atoms with Gasteiger partial charge in [0.2, 0.25) is 0 Å². The van der Waals surface area contributed by atoms with Crippen molar-refractivity contribution in [3.63, 3.8) is 0 Å². The third kappa shape index (κ3) is 3.47. The predicted molar refractivity (Wildman–Crippen MR) is 76.8 cm³/mol. The van der Waals surface area contributed by atoms with Gasteiger partial charge in [-0.25, -0.2) is 4.39 Å². The molecule has 1 aliphatic rings. The molecule has 1 fully saturated rings. The van der Waals surface area contributed by atoms with Gasteiger partial charge in [-0.15, -0.1) is 0 Å². The van der Waals surface area contributed by atoms with Crippen LogP contribution in [-0.2, 0) is 16.0 Å². The SMILES string of the molecule is O=c1cc(CNC[C@H]2COCCO2)[nH]c2ccc(F)cc12. The van der Waals surface area contributed by atoms with E-state index in [1.807, 2.05) is 0 Å². The number of ether oxygens (including phenoxy) is 2. The molecule has 0 unspecified atom stereocenters. The summed E-state index contributed by atoms with van der Waals surface area (Å²) in [7, 11) is 0. The summed E-state index contributed by atoms with van der Waals surface area (Å²) in [6.07, 6.45) is 0.0417. The second kappa shape index (κ2) is 6.34. The molecule has 1 aromatic heterocycles. The molecule has 1 atom stereocenters. The highest BCUT2D eigenvalue weighted by molar-refractivity contribution is 5.78. The number of rotatable bonds is 4. The van der Waals surface area contributed by atoms with Crippen LogP contribution in [0.2, 0.25) is 0 Å². The zero-order valence-corrected chi connectivity index (χ0v) is 11.5. The molecule has 112 valence electrons. The molecule has 1 aromatic carbocycles. The van der Waals surface area contributed by atoms with Crippen LogP contribution in [0.1, 0.15) is 5.69 Å². The van der Waals surface area contributed by atoms with Crippen molar-refractivity contribution >= 4 is 10.9 Å². The Morgan fingerprint density at radius 3 is 3.05 bits per heavy atom. The summed E-state index contributed by atoms with van der Waals surface area (Å²) in [6.45, 7) is 3.02. The van der Waals surface area contributed by atoms with Crippen molar-refractivity contribution < 1.29 is 13.9 Å². The lowest BCUT2D eigenvalue weighted by atomic mass is 10.2. The summed E-state index contributed by atoms with van der Waals surface area (Å²) in [5, 5.41) is 3.59. The zero-order valence-electron chi connectivity index (χ0n) is 11.5. The maximum atomic E-state index is 13.1. The fourth-order valence-corrected chi connectivity index (χ4v) is 2.39. The number of pyridine rings is 1. The molecule has 0 amide bonds. The Morgan fingerprint density at radius 1 is 1.33 bits per heavy atom. The van der Waals surface area contributed by atoms with Crippen molar-refractivity contribution in [2.45, 2.75) is 12.6 Å². The Morgan fingerprint density at radius 2 is 2.24 bits per heavy atom. The van der Waals surface area contributed by atoms with Crippen LogP contribution in [0.25, 0.3) is 10.9 Å². The fraction of sp³-hybridized carbons (Fsp3) is 0.400. The molecule has 1 saturated heterocycles. The molecule has 2 aromatic rings. The van der Waals surface area contributed by atoms with Gasteiger partial charge < -0.3 is 19.8 Å². The van der Waals surface area contributed by atoms with E-state index in [0.29, 0.717) is 43.8 Å². The molecule has 2 N–H and O–H groups in total. The molecule has 3 rings (SSSR count).